The molecule has 1 fully saturated rings. The highest BCUT2D eigenvalue weighted by Gasteiger charge is 2.50. The highest BCUT2D eigenvalue weighted by molar-refractivity contribution is 7.90. The van der Waals surface area contributed by atoms with Crippen molar-refractivity contribution in [2.75, 3.05) is 26.2 Å². The molecule has 2 heterocycles. The molecular weight excluding hydrogens is 415 g/mol. The van der Waals surface area contributed by atoms with Crippen LogP contribution in [0.1, 0.15) is 36.6 Å². The molecule has 0 atom stereocenters. The minimum absolute atomic E-state index is 0.0788. The Labute approximate surface area is 167 Å². The number of rotatable bonds is 7. The van der Waals surface area contributed by atoms with Crippen molar-refractivity contribution in [2.24, 2.45) is 10.9 Å². The molecule has 0 saturated carbocycles. The first kappa shape index (κ1) is 22.9. The van der Waals surface area contributed by atoms with Crippen molar-refractivity contribution in [3.8, 4) is 0 Å². The lowest BCUT2D eigenvalue weighted by molar-refractivity contribution is -0.0496. The Kier molecular flexibility index (Phi) is 8.07. The van der Waals surface area contributed by atoms with Gasteiger partial charge in [0.05, 0.1) is 6.54 Å². The molecule has 1 aliphatic rings. The van der Waals surface area contributed by atoms with Crippen LogP contribution < -0.4 is 10.6 Å². The zero-order chi connectivity index (χ0) is 20.8. The van der Waals surface area contributed by atoms with E-state index in [9.17, 15) is 21.6 Å². The average molecular weight is 442 g/mol. The van der Waals surface area contributed by atoms with Crippen molar-refractivity contribution in [1.29, 1.82) is 0 Å². The number of alkyl halides is 3. The molecule has 0 spiro atoms. The summed E-state index contributed by atoms with van der Waals surface area (Å²) in [6, 6.07) is 0. The van der Waals surface area contributed by atoms with Crippen LogP contribution in [-0.4, -0.2) is 55.4 Å². The SMILES string of the molecule is CCNC(=NCc1ncc(CC)s1)NCC1CCN(S(=O)(=O)C(F)(F)F)CC1. The lowest BCUT2D eigenvalue weighted by Gasteiger charge is -2.31. The summed E-state index contributed by atoms with van der Waals surface area (Å²) in [6.07, 6.45) is 3.52. The third kappa shape index (κ3) is 6.05. The minimum Gasteiger partial charge on any atom is -0.357 e. The zero-order valence-corrected chi connectivity index (χ0v) is 17.6. The van der Waals surface area contributed by atoms with E-state index in [-0.39, 0.29) is 19.0 Å². The number of aliphatic imine (C=N–C) groups is 1. The Balaban J connectivity index is 1.85. The maximum absolute atomic E-state index is 12.6. The molecule has 0 amide bonds. The fourth-order valence-corrected chi connectivity index (χ4v) is 4.59. The van der Waals surface area contributed by atoms with Crippen LogP contribution in [0.15, 0.2) is 11.2 Å². The third-order valence-electron chi connectivity index (χ3n) is 4.43. The summed E-state index contributed by atoms with van der Waals surface area (Å²) in [5, 5.41) is 7.23. The second-order valence-electron chi connectivity index (χ2n) is 6.44. The van der Waals surface area contributed by atoms with Gasteiger partial charge in [-0.1, -0.05) is 6.92 Å². The molecule has 2 N–H and O–H groups in total. The topological polar surface area (TPSA) is 86.7 Å². The molecule has 1 aromatic rings. The van der Waals surface area contributed by atoms with Crippen molar-refractivity contribution in [1.82, 2.24) is 19.9 Å². The Morgan fingerprint density at radius 2 is 2.00 bits per heavy atom. The van der Waals surface area contributed by atoms with Crippen LogP contribution in [0.4, 0.5) is 13.2 Å². The predicted molar refractivity (Wildman–Crippen MR) is 104 cm³/mol. The quantitative estimate of drug-likeness (QED) is 0.501. The largest absolute Gasteiger partial charge is 0.511 e. The van der Waals surface area contributed by atoms with E-state index in [1.54, 1.807) is 11.3 Å². The summed E-state index contributed by atoms with van der Waals surface area (Å²) in [4.78, 5) is 10.0. The zero-order valence-electron chi connectivity index (χ0n) is 15.9. The van der Waals surface area contributed by atoms with Crippen LogP contribution in [0.3, 0.4) is 0 Å². The van der Waals surface area contributed by atoms with Gasteiger partial charge in [0, 0.05) is 37.3 Å². The number of thiazole rings is 1. The van der Waals surface area contributed by atoms with Gasteiger partial charge in [-0.25, -0.2) is 18.4 Å². The van der Waals surface area contributed by atoms with Crippen LogP contribution in [0.25, 0.3) is 0 Å². The number of guanidine groups is 1. The average Bonchev–Trinajstić information content (AvgIpc) is 3.11. The molecule has 160 valence electrons. The lowest BCUT2D eigenvalue weighted by Crippen LogP contribution is -2.47. The number of nitrogens with zero attached hydrogens (tertiary/aromatic N) is 3. The highest BCUT2D eigenvalue weighted by atomic mass is 32.2. The molecule has 12 heteroatoms. The Bertz CT molecular complexity index is 757. The second-order valence-corrected chi connectivity index (χ2v) is 9.57. The van der Waals surface area contributed by atoms with Gasteiger partial charge < -0.3 is 10.6 Å². The molecule has 1 aliphatic heterocycles. The molecule has 0 radical (unpaired) electrons. The standard InChI is InChI=1S/C16H26F3N5O2S2/c1-3-13-10-21-14(27-13)11-23-15(20-4-2)22-9-12-5-7-24(8-6-12)28(25,26)16(17,18)19/h10,12H,3-9,11H2,1-2H3,(H2,20,22,23). The number of aromatic nitrogens is 1. The maximum atomic E-state index is 12.6. The number of nitrogens with one attached hydrogen (secondary N) is 2. The smallest absolute Gasteiger partial charge is 0.357 e. The van der Waals surface area contributed by atoms with Gasteiger partial charge in [-0.05, 0) is 32.1 Å². The van der Waals surface area contributed by atoms with E-state index in [0.29, 0.717) is 42.7 Å². The normalized spacial score (nSPS) is 17.7. The van der Waals surface area contributed by atoms with E-state index >= 15 is 0 Å². The second kappa shape index (κ2) is 9.88. The summed E-state index contributed by atoms with van der Waals surface area (Å²) in [5.74, 6) is 0.691. The fraction of sp³-hybridized carbons (Fsp3) is 0.750. The van der Waals surface area contributed by atoms with Crippen molar-refractivity contribution < 1.29 is 21.6 Å². The Morgan fingerprint density at radius 3 is 2.54 bits per heavy atom. The van der Waals surface area contributed by atoms with E-state index in [0.717, 1.165) is 11.4 Å². The highest BCUT2D eigenvalue weighted by Crippen LogP contribution is 2.30. The lowest BCUT2D eigenvalue weighted by atomic mass is 9.98. The van der Waals surface area contributed by atoms with Crippen LogP contribution in [0.5, 0.6) is 0 Å². The summed E-state index contributed by atoms with van der Waals surface area (Å²) in [6.45, 7) is 5.40. The fourth-order valence-electron chi connectivity index (χ4n) is 2.81. The summed E-state index contributed by atoms with van der Waals surface area (Å²) in [5.41, 5.74) is -5.24. The molecule has 1 aromatic heterocycles. The van der Waals surface area contributed by atoms with Gasteiger partial charge in [0.25, 0.3) is 0 Å². The van der Waals surface area contributed by atoms with Crippen LogP contribution >= 0.6 is 11.3 Å². The molecular formula is C16H26F3N5O2S2. The van der Waals surface area contributed by atoms with Gasteiger partial charge in [0.15, 0.2) is 5.96 Å². The van der Waals surface area contributed by atoms with Crippen LogP contribution in [0.2, 0.25) is 0 Å². The molecule has 0 unspecified atom stereocenters. The first-order valence-electron chi connectivity index (χ1n) is 9.19. The Morgan fingerprint density at radius 1 is 1.32 bits per heavy atom. The van der Waals surface area contributed by atoms with Crippen molar-refractivity contribution in [2.45, 2.75) is 45.2 Å². The number of hydrogen-bond donors (Lipinski definition) is 2. The summed E-state index contributed by atoms with van der Waals surface area (Å²) < 4.78 is 61.3. The number of aryl methyl sites for hydroxylation is 1. The maximum Gasteiger partial charge on any atom is 0.511 e. The van der Waals surface area contributed by atoms with Gasteiger partial charge in [0.2, 0.25) is 0 Å². The molecule has 0 aromatic carbocycles. The summed E-state index contributed by atoms with van der Waals surface area (Å²) >= 11 is 1.62. The van der Waals surface area contributed by atoms with Crippen molar-refractivity contribution in [3.63, 3.8) is 0 Å². The minimum atomic E-state index is -5.24. The first-order chi connectivity index (χ1) is 13.2. The third-order valence-corrected chi connectivity index (χ3v) is 7.19. The molecule has 0 bridgehead atoms. The number of sulfonamides is 1. The molecule has 7 nitrogen and oxygen atoms in total. The predicted octanol–water partition coefficient (Wildman–Crippen LogP) is 2.32. The van der Waals surface area contributed by atoms with E-state index in [1.807, 2.05) is 13.1 Å². The van der Waals surface area contributed by atoms with Gasteiger partial charge in [-0.2, -0.15) is 17.5 Å². The van der Waals surface area contributed by atoms with Gasteiger partial charge in [-0.15, -0.1) is 11.3 Å². The van der Waals surface area contributed by atoms with E-state index < -0.39 is 15.5 Å². The summed E-state index contributed by atoms with van der Waals surface area (Å²) in [7, 11) is -5.23. The number of halogens is 3. The van der Waals surface area contributed by atoms with Crippen molar-refractivity contribution >= 4 is 27.3 Å². The van der Waals surface area contributed by atoms with Gasteiger partial charge in [-0.3, -0.25) is 0 Å². The molecule has 1 saturated heterocycles. The first-order valence-corrected chi connectivity index (χ1v) is 11.4. The van der Waals surface area contributed by atoms with Gasteiger partial charge >= 0.3 is 15.5 Å². The number of piperidine rings is 1. The Hall–Kier alpha value is -1.40. The van der Waals surface area contributed by atoms with E-state index in [4.69, 9.17) is 0 Å². The van der Waals surface area contributed by atoms with E-state index in [1.165, 1.54) is 4.88 Å². The van der Waals surface area contributed by atoms with Gasteiger partial charge in [0.1, 0.15) is 5.01 Å². The monoisotopic (exact) mass is 441 g/mol. The van der Waals surface area contributed by atoms with Crippen LogP contribution in [-0.2, 0) is 23.0 Å². The molecule has 2 rings (SSSR count). The van der Waals surface area contributed by atoms with Crippen LogP contribution in [0, 0.1) is 5.92 Å². The van der Waals surface area contributed by atoms with Crippen molar-refractivity contribution in [3.05, 3.63) is 16.1 Å². The molecule has 28 heavy (non-hydrogen) atoms. The number of hydrogen-bond acceptors (Lipinski definition) is 5. The van der Waals surface area contributed by atoms with E-state index in [2.05, 4.69) is 27.5 Å². The molecule has 0 aliphatic carbocycles.